The van der Waals surface area contributed by atoms with Gasteiger partial charge < -0.3 is 9.80 Å². The molecular weight excluding hydrogens is 356 g/mol. The van der Waals surface area contributed by atoms with Crippen LogP contribution in [0.2, 0.25) is 0 Å². The van der Waals surface area contributed by atoms with Crippen molar-refractivity contribution in [2.24, 2.45) is 5.92 Å². The van der Waals surface area contributed by atoms with Gasteiger partial charge in [0.1, 0.15) is 0 Å². The van der Waals surface area contributed by atoms with Gasteiger partial charge in [0.25, 0.3) is 0 Å². The van der Waals surface area contributed by atoms with Gasteiger partial charge in [-0.15, -0.1) is 11.3 Å². The van der Waals surface area contributed by atoms with Crippen molar-refractivity contribution in [3.05, 3.63) is 51.7 Å². The van der Waals surface area contributed by atoms with E-state index in [4.69, 9.17) is 0 Å². The molecule has 1 saturated heterocycles. The molecule has 3 aliphatic rings. The van der Waals surface area contributed by atoms with E-state index in [9.17, 15) is 9.59 Å². The minimum absolute atomic E-state index is 0.0816. The van der Waals surface area contributed by atoms with Crippen LogP contribution in [0, 0.1) is 5.92 Å². The zero-order valence-electron chi connectivity index (χ0n) is 15.4. The van der Waals surface area contributed by atoms with E-state index in [1.165, 1.54) is 22.4 Å². The van der Waals surface area contributed by atoms with Crippen molar-refractivity contribution < 1.29 is 9.59 Å². The smallest absolute Gasteiger partial charge is 0.228 e. The number of carbonyl (C=O) groups excluding carboxylic acids is 2. The summed E-state index contributed by atoms with van der Waals surface area (Å²) in [5.41, 5.74) is 3.74. The Labute approximate surface area is 163 Å². The fourth-order valence-corrected chi connectivity index (χ4v) is 5.13. The molecule has 1 aromatic carbocycles. The molecule has 140 valence electrons. The highest BCUT2D eigenvalue weighted by Crippen LogP contribution is 2.34. The zero-order chi connectivity index (χ0) is 18.4. The molecule has 5 heteroatoms. The number of anilines is 1. The van der Waals surface area contributed by atoms with Gasteiger partial charge in [-0.1, -0.05) is 12.1 Å². The van der Waals surface area contributed by atoms with Gasteiger partial charge in [0, 0.05) is 29.6 Å². The van der Waals surface area contributed by atoms with Gasteiger partial charge in [-0.3, -0.25) is 9.59 Å². The summed E-state index contributed by atoms with van der Waals surface area (Å²) in [6.45, 7) is 1.20. The molecule has 0 bridgehead atoms. The Hall–Kier alpha value is -2.14. The summed E-state index contributed by atoms with van der Waals surface area (Å²) in [5, 5.41) is 2.06. The predicted molar refractivity (Wildman–Crippen MR) is 107 cm³/mol. The highest BCUT2D eigenvalue weighted by Gasteiger charge is 2.41. The van der Waals surface area contributed by atoms with Crippen LogP contribution in [0.4, 0.5) is 5.69 Å². The third-order valence-corrected chi connectivity index (χ3v) is 6.91. The second kappa shape index (κ2) is 6.79. The summed E-state index contributed by atoms with van der Waals surface area (Å²) in [6, 6.07) is 10.9. The van der Waals surface area contributed by atoms with Crippen LogP contribution in [0.1, 0.15) is 41.7 Å². The lowest BCUT2D eigenvalue weighted by Crippen LogP contribution is -2.38. The molecule has 27 heavy (non-hydrogen) atoms. The molecule has 1 unspecified atom stereocenters. The van der Waals surface area contributed by atoms with Gasteiger partial charge in [0.05, 0.1) is 12.5 Å². The number of amides is 2. The van der Waals surface area contributed by atoms with Crippen molar-refractivity contribution in [2.75, 3.05) is 11.4 Å². The highest BCUT2D eigenvalue weighted by molar-refractivity contribution is 7.09. The van der Waals surface area contributed by atoms with Crippen LogP contribution in [0.3, 0.4) is 0 Å². The molecule has 4 nitrogen and oxygen atoms in total. The quantitative estimate of drug-likeness (QED) is 0.792. The maximum Gasteiger partial charge on any atom is 0.228 e. The third-order valence-electron chi connectivity index (χ3n) is 6.05. The van der Waals surface area contributed by atoms with Crippen LogP contribution in [0.25, 0.3) is 0 Å². The first kappa shape index (κ1) is 17.0. The van der Waals surface area contributed by atoms with Crippen molar-refractivity contribution >= 4 is 28.8 Å². The summed E-state index contributed by atoms with van der Waals surface area (Å²) in [5.74, 6) is 0.0207. The van der Waals surface area contributed by atoms with E-state index in [1.807, 2.05) is 15.9 Å². The second-order valence-electron chi connectivity index (χ2n) is 7.99. The Bertz CT molecular complexity index is 872. The Morgan fingerprint density at radius 2 is 2.04 bits per heavy atom. The lowest BCUT2D eigenvalue weighted by molar-refractivity contribution is -0.137. The summed E-state index contributed by atoms with van der Waals surface area (Å²) < 4.78 is 0. The number of fused-ring (bicyclic) bond motifs is 1. The summed E-state index contributed by atoms with van der Waals surface area (Å²) in [6.07, 6.45) is 5.96. The first-order valence-electron chi connectivity index (χ1n) is 9.94. The van der Waals surface area contributed by atoms with Gasteiger partial charge in [-0.2, -0.15) is 0 Å². The van der Waals surface area contributed by atoms with E-state index in [-0.39, 0.29) is 17.7 Å². The minimum Gasteiger partial charge on any atom is -0.334 e. The topological polar surface area (TPSA) is 40.6 Å². The second-order valence-corrected chi connectivity index (χ2v) is 9.02. The fourth-order valence-electron chi connectivity index (χ4n) is 4.43. The summed E-state index contributed by atoms with van der Waals surface area (Å²) in [7, 11) is 0. The lowest BCUT2D eigenvalue weighted by Gasteiger charge is -2.25. The number of hydrogen-bond acceptors (Lipinski definition) is 3. The molecule has 1 aliphatic heterocycles. The van der Waals surface area contributed by atoms with Crippen molar-refractivity contribution in [1.82, 2.24) is 4.90 Å². The Balaban J connectivity index is 1.32. The molecule has 2 amide bonds. The largest absolute Gasteiger partial charge is 0.334 e. The molecule has 5 rings (SSSR count). The van der Waals surface area contributed by atoms with Gasteiger partial charge in [-0.05, 0) is 66.8 Å². The highest BCUT2D eigenvalue weighted by atomic mass is 32.1. The number of nitrogens with zero attached hydrogens (tertiary/aromatic N) is 2. The predicted octanol–water partition coefficient (Wildman–Crippen LogP) is 3.78. The van der Waals surface area contributed by atoms with Crippen LogP contribution >= 0.6 is 11.3 Å². The molecule has 0 N–H and O–H groups in total. The molecular formula is C22H24N2O2S. The van der Waals surface area contributed by atoms with Crippen LogP contribution in [-0.2, 0) is 29.0 Å². The average molecular weight is 381 g/mol. The maximum atomic E-state index is 13.2. The van der Waals surface area contributed by atoms with Crippen molar-refractivity contribution in [3.63, 3.8) is 0 Å². The first-order chi connectivity index (χ1) is 13.2. The molecule has 0 radical (unpaired) electrons. The number of hydrogen-bond donors (Lipinski definition) is 0. The van der Waals surface area contributed by atoms with Crippen LogP contribution in [0.15, 0.2) is 35.7 Å². The first-order valence-corrected chi connectivity index (χ1v) is 10.8. The van der Waals surface area contributed by atoms with Crippen LogP contribution in [0.5, 0.6) is 0 Å². The normalized spacial score (nSPS) is 21.6. The van der Waals surface area contributed by atoms with E-state index in [0.717, 1.165) is 31.4 Å². The fraction of sp³-hybridized carbons (Fsp3) is 0.455. The number of thiophene rings is 1. The Kier molecular flexibility index (Phi) is 4.27. The van der Waals surface area contributed by atoms with Crippen molar-refractivity contribution in [3.8, 4) is 0 Å². The van der Waals surface area contributed by atoms with E-state index < -0.39 is 0 Å². The van der Waals surface area contributed by atoms with Gasteiger partial charge in [-0.25, -0.2) is 0 Å². The van der Waals surface area contributed by atoms with Gasteiger partial charge >= 0.3 is 0 Å². The van der Waals surface area contributed by atoms with Crippen molar-refractivity contribution in [1.29, 1.82) is 0 Å². The molecule has 2 heterocycles. The third kappa shape index (κ3) is 3.29. The number of aryl methyl sites for hydroxylation is 2. The Morgan fingerprint density at radius 1 is 1.19 bits per heavy atom. The number of rotatable bonds is 5. The van der Waals surface area contributed by atoms with Crippen LogP contribution in [-0.4, -0.2) is 29.3 Å². The van der Waals surface area contributed by atoms with E-state index in [2.05, 4.69) is 29.6 Å². The van der Waals surface area contributed by atoms with E-state index in [1.54, 1.807) is 11.3 Å². The summed E-state index contributed by atoms with van der Waals surface area (Å²) >= 11 is 1.69. The average Bonchev–Trinajstić information content (AvgIpc) is 3.08. The van der Waals surface area contributed by atoms with Gasteiger partial charge in [0.15, 0.2) is 0 Å². The number of benzene rings is 1. The Morgan fingerprint density at radius 3 is 2.81 bits per heavy atom. The number of carbonyl (C=O) groups is 2. The van der Waals surface area contributed by atoms with E-state index in [0.29, 0.717) is 25.6 Å². The van der Waals surface area contributed by atoms with Gasteiger partial charge in [0.2, 0.25) is 11.8 Å². The molecule has 2 fully saturated rings. The molecule has 1 aromatic heterocycles. The molecule has 2 aliphatic carbocycles. The standard InChI is InChI=1S/C22H24N2O2S/c25-21-12-17(13-23(21)19-7-6-15-3-1-4-16(15)11-19)22(26)24(18-8-9-18)14-20-5-2-10-27-20/h2,5-7,10-11,17-18H,1,3-4,8-9,12-14H2. The molecule has 1 saturated carbocycles. The maximum absolute atomic E-state index is 13.2. The van der Waals surface area contributed by atoms with E-state index >= 15 is 0 Å². The van der Waals surface area contributed by atoms with Crippen molar-refractivity contribution in [2.45, 2.75) is 51.1 Å². The molecule has 1 atom stereocenters. The summed E-state index contributed by atoms with van der Waals surface area (Å²) in [4.78, 5) is 31.0. The SMILES string of the molecule is O=C1CC(C(=O)N(Cc2cccs2)C2CC2)CN1c1ccc2c(c1)CCC2. The molecule has 2 aromatic rings. The lowest BCUT2D eigenvalue weighted by atomic mass is 10.1. The molecule has 0 spiro atoms. The monoisotopic (exact) mass is 380 g/mol. The minimum atomic E-state index is -0.216. The zero-order valence-corrected chi connectivity index (χ0v) is 16.2. The van der Waals surface area contributed by atoms with Crippen LogP contribution < -0.4 is 4.90 Å².